The summed E-state index contributed by atoms with van der Waals surface area (Å²) in [5.74, 6) is 3.46. The van der Waals surface area contributed by atoms with Gasteiger partial charge in [-0.25, -0.2) is 4.98 Å². The second-order valence-electron chi connectivity index (χ2n) is 3.33. The van der Waals surface area contributed by atoms with E-state index in [0.29, 0.717) is 12.0 Å². The third kappa shape index (κ3) is 4.88. The SMILES string of the molecule is CCSCCC(C)Nc1ccnc(N)n1. The van der Waals surface area contributed by atoms with E-state index in [2.05, 4.69) is 29.1 Å². The van der Waals surface area contributed by atoms with Crippen LogP contribution in [0.25, 0.3) is 0 Å². The maximum absolute atomic E-state index is 5.49. The standard InChI is InChI=1S/C10H18N4S/c1-3-15-7-5-8(2)13-9-4-6-12-10(11)14-9/h4,6,8H,3,5,7H2,1-2H3,(H3,11,12,13,14). The van der Waals surface area contributed by atoms with Crippen LogP contribution in [0.2, 0.25) is 0 Å². The van der Waals surface area contributed by atoms with Gasteiger partial charge in [0.15, 0.2) is 0 Å². The van der Waals surface area contributed by atoms with Gasteiger partial charge >= 0.3 is 0 Å². The topological polar surface area (TPSA) is 63.8 Å². The molecule has 1 heterocycles. The van der Waals surface area contributed by atoms with Crippen LogP contribution < -0.4 is 11.1 Å². The Kier molecular flexibility index (Phi) is 5.25. The molecule has 5 heteroatoms. The fraction of sp³-hybridized carbons (Fsp3) is 0.600. The molecule has 0 radical (unpaired) electrons. The van der Waals surface area contributed by atoms with Gasteiger partial charge in [0.2, 0.25) is 5.95 Å². The van der Waals surface area contributed by atoms with Crippen molar-refractivity contribution >= 4 is 23.5 Å². The zero-order valence-electron chi connectivity index (χ0n) is 9.23. The van der Waals surface area contributed by atoms with Gasteiger partial charge in [0, 0.05) is 12.2 Å². The Hall–Kier alpha value is -0.970. The minimum Gasteiger partial charge on any atom is -0.368 e. The maximum atomic E-state index is 5.49. The third-order valence-electron chi connectivity index (χ3n) is 1.97. The van der Waals surface area contributed by atoms with Crippen molar-refractivity contribution < 1.29 is 0 Å². The highest BCUT2D eigenvalue weighted by Crippen LogP contribution is 2.09. The summed E-state index contributed by atoms with van der Waals surface area (Å²) < 4.78 is 0. The van der Waals surface area contributed by atoms with Gasteiger partial charge in [-0.15, -0.1) is 0 Å². The molecule has 0 aliphatic carbocycles. The molecule has 15 heavy (non-hydrogen) atoms. The van der Waals surface area contributed by atoms with Crippen LogP contribution in [0.15, 0.2) is 12.3 Å². The zero-order valence-corrected chi connectivity index (χ0v) is 10.0. The summed E-state index contributed by atoms with van der Waals surface area (Å²) in [6.07, 6.45) is 2.79. The van der Waals surface area contributed by atoms with Gasteiger partial charge in [-0.05, 0) is 30.9 Å². The molecule has 1 atom stereocenters. The molecule has 1 aromatic heterocycles. The first-order chi connectivity index (χ1) is 7.22. The van der Waals surface area contributed by atoms with Crippen LogP contribution in [0.5, 0.6) is 0 Å². The zero-order chi connectivity index (χ0) is 11.1. The maximum Gasteiger partial charge on any atom is 0.221 e. The molecule has 0 bridgehead atoms. The van der Waals surface area contributed by atoms with Crippen molar-refractivity contribution in [1.29, 1.82) is 0 Å². The quantitative estimate of drug-likeness (QED) is 0.726. The van der Waals surface area contributed by atoms with Gasteiger partial charge in [-0.2, -0.15) is 16.7 Å². The minimum absolute atomic E-state index is 0.315. The van der Waals surface area contributed by atoms with Crippen molar-refractivity contribution in [3.8, 4) is 0 Å². The van der Waals surface area contributed by atoms with Gasteiger partial charge in [-0.1, -0.05) is 6.92 Å². The largest absolute Gasteiger partial charge is 0.368 e. The first-order valence-electron chi connectivity index (χ1n) is 5.15. The predicted molar refractivity (Wildman–Crippen MR) is 67.1 cm³/mol. The number of aromatic nitrogens is 2. The lowest BCUT2D eigenvalue weighted by atomic mass is 10.2. The third-order valence-corrected chi connectivity index (χ3v) is 2.90. The number of nitrogens with two attached hydrogens (primary N) is 1. The van der Waals surface area contributed by atoms with Crippen LogP contribution in [0.4, 0.5) is 11.8 Å². The van der Waals surface area contributed by atoms with Gasteiger partial charge < -0.3 is 11.1 Å². The monoisotopic (exact) mass is 226 g/mol. The highest BCUT2D eigenvalue weighted by Gasteiger charge is 2.02. The molecule has 84 valence electrons. The van der Waals surface area contributed by atoms with Gasteiger partial charge in [-0.3, -0.25) is 0 Å². The summed E-state index contributed by atoms with van der Waals surface area (Å²) in [5, 5.41) is 3.30. The highest BCUT2D eigenvalue weighted by atomic mass is 32.2. The van der Waals surface area contributed by atoms with Crippen LogP contribution in [0, 0.1) is 0 Å². The summed E-state index contributed by atoms with van der Waals surface area (Å²) in [6, 6.07) is 2.25. The molecule has 1 rings (SSSR count). The van der Waals surface area contributed by atoms with Crippen LogP contribution in [0.3, 0.4) is 0 Å². The number of hydrogen-bond donors (Lipinski definition) is 2. The highest BCUT2D eigenvalue weighted by molar-refractivity contribution is 7.99. The summed E-state index contributed by atoms with van der Waals surface area (Å²) >= 11 is 1.95. The fourth-order valence-corrected chi connectivity index (χ4v) is 1.99. The number of nitrogens with one attached hydrogen (secondary N) is 1. The van der Waals surface area contributed by atoms with E-state index in [1.54, 1.807) is 6.20 Å². The van der Waals surface area contributed by atoms with Crippen LogP contribution in [0.1, 0.15) is 20.3 Å². The number of thioether (sulfide) groups is 1. The molecular weight excluding hydrogens is 208 g/mol. The molecular formula is C10H18N4S. The molecule has 4 nitrogen and oxygen atoms in total. The van der Waals surface area contributed by atoms with E-state index in [9.17, 15) is 0 Å². The number of nitrogens with zero attached hydrogens (tertiary/aromatic N) is 2. The first-order valence-corrected chi connectivity index (χ1v) is 6.30. The lowest BCUT2D eigenvalue weighted by Gasteiger charge is -2.13. The van der Waals surface area contributed by atoms with E-state index in [0.717, 1.165) is 12.2 Å². The Morgan fingerprint density at radius 2 is 2.40 bits per heavy atom. The molecule has 3 N–H and O–H groups in total. The Balaban J connectivity index is 2.34. The lowest BCUT2D eigenvalue weighted by molar-refractivity contribution is 0.766. The van der Waals surface area contributed by atoms with Crippen LogP contribution in [-0.4, -0.2) is 27.5 Å². The molecule has 0 spiro atoms. The summed E-state index contributed by atoms with van der Waals surface area (Å²) in [5.41, 5.74) is 5.49. The Morgan fingerprint density at radius 3 is 3.07 bits per heavy atom. The predicted octanol–water partition coefficient (Wildman–Crippen LogP) is 2.00. The molecule has 0 fully saturated rings. The Labute approximate surface area is 95.1 Å². The summed E-state index contributed by atoms with van der Waals surface area (Å²) in [7, 11) is 0. The second kappa shape index (κ2) is 6.50. The minimum atomic E-state index is 0.315. The lowest BCUT2D eigenvalue weighted by Crippen LogP contribution is -2.17. The van der Waals surface area contributed by atoms with Gasteiger partial charge in [0.05, 0.1) is 0 Å². The van der Waals surface area contributed by atoms with Crippen molar-refractivity contribution in [3.63, 3.8) is 0 Å². The Bertz CT molecular complexity index is 293. The molecule has 0 saturated carbocycles. The number of rotatable bonds is 6. The number of anilines is 2. The summed E-state index contributed by atoms with van der Waals surface area (Å²) in [6.45, 7) is 4.32. The fourth-order valence-electron chi connectivity index (χ4n) is 1.18. The van der Waals surface area contributed by atoms with E-state index in [1.807, 2.05) is 17.8 Å². The Morgan fingerprint density at radius 1 is 1.60 bits per heavy atom. The second-order valence-corrected chi connectivity index (χ2v) is 4.72. The van der Waals surface area contributed by atoms with E-state index in [-0.39, 0.29) is 0 Å². The molecule has 0 aromatic carbocycles. The molecule has 0 aliphatic rings. The normalized spacial score (nSPS) is 12.4. The van der Waals surface area contributed by atoms with E-state index in [1.165, 1.54) is 11.5 Å². The van der Waals surface area contributed by atoms with Crippen LogP contribution in [-0.2, 0) is 0 Å². The van der Waals surface area contributed by atoms with E-state index < -0.39 is 0 Å². The van der Waals surface area contributed by atoms with Gasteiger partial charge in [0.25, 0.3) is 0 Å². The molecule has 1 aromatic rings. The van der Waals surface area contributed by atoms with Crippen molar-refractivity contribution in [2.24, 2.45) is 0 Å². The molecule has 1 unspecified atom stereocenters. The van der Waals surface area contributed by atoms with Crippen molar-refractivity contribution in [2.45, 2.75) is 26.3 Å². The van der Waals surface area contributed by atoms with Gasteiger partial charge in [0.1, 0.15) is 5.82 Å². The van der Waals surface area contributed by atoms with Crippen molar-refractivity contribution in [3.05, 3.63) is 12.3 Å². The van der Waals surface area contributed by atoms with Crippen LogP contribution >= 0.6 is 11.8 Å². The molecule has 0 saturated heterocycles. The smallest absolute Gasteiger partial charge is 0.221 e. The number of hydrogen-bond acceptors (Lipinski definition) is 5. The van der Waals surface area contributed by atoms with E-state index in [4.69, 9.17) is 5.73 Å². The number of nitrogen functional groups attached to an aromatic ring is 1. The average Bonchev–Trinajstić information content (AvgIpc) is 2.18. The summed E-state index contributed by atoms with van der Waals surface area (Å²) in [4.78, 5) is 7.94. The van der Waals surface area contributed by atoms with E-state index >= 15 is 0 Å². The molecule has 0 amide bonds. The van der Waals surface area contributed by atoms with Crippen molar-refractivity contribution in [1.82, 2.24) is 9.97 Å². The molecule has 0 aliphatic heterocycles. The van der Waals surface area contributed by atoms with Crippen molar-refractivity contribution in [2.75, 3.05) is 22.6 Å². The average molecular weight is 226 g/mol. The first kappa shape index (κ1) is 12.1.